The van der Waals surface area contributed by atoms with Crippen LogP contribution in [0.5, 0.6) is 0 Å². The summed E-state index contributed by atoms with van der Waals surface area (Å²) < 4.78 is 22.9. The minimum atomic E-state index is -2.95. The van der Waals surface area contributed by atoms with E-state index in [9.17, 15) is 13.2 Å². The SMILES string of the molecule is CN(C(=O)CCNCc1ccccn1)C1CCS(=O)(=O)C1. The van der Waals surface area contributed by atoms with E-state index in [4.69, 9.17) is 0 Å². The van der Waals surface area contributed by atoms with Gasteiger partial charge in [0.25, 0.3) is 0 Å². The summed E-state index contributed by atoms with van der Waals surface area (Å²) in [5, 5.41) is 3.17. The molecule has 21 heavy (non-hydrogen) atoms. The molecule has 6 nitrogen and oxygen atoms in total. The molecule has 2 rings (SSSR count). The van der Waals surface area contributed by atoms with Crippen molar-refractivity contribution in [1.82, 2.24) is 15.2 Å². The molecule has 0 aliphatic carbocycles. The summed E-state index contributed by atoms with van der Waals surface area (Å²) in [4.78, 5) is 17.8. The summed E-state index contributed by atoms with van der Waals surface area (Å²) >= 11 is 0. The zero-order chi connectivity index (χ0) is 15.3. The van der Waals surface area contributed by atoms with Gasteiger partial charge < -0.3 is 10.2 Å². The second-order valence-corrected chi connectivity index (χ2v) is 7.54. The first-order valence-corrected chi connectivity index (χ1v) is 8.87. The second-order valence-electron chi connectivity index (χ2n) is 5.31. The molecule has 0 spiro atoms. The van der Waals surface area contributed by atoms with Crippen molar-refractivity contribution in [2.24, 2.45) is 0 Å². The van der Waals surface area contributed by atoms with Crippen LogP contribution in [0.15, 0.2) is 24.4 Å². The van der Waals surface area contributed by atoms with Gasteiger partial charge in [-0.15, -0.1) is 0 Å². The van der Waals surface area contributed by atoms with Crippen molar-refractivity contribution in [3.63, 3.8) is 0 Å². The van der Waals surface area contributed by atoms with E-state index in [1.54, 1.807) is 18.1 Å². The molecular weight excluding hydrogens is 290 g/mol. The highest BCUT2D eigenvalue weighted by molar-refractivity contribution is 7.91. The normalized spacial score (nSPS) is 20.3. The van der Waals surface area contributed by atoms with Gasteiger partial charge in [0, 0.05) is 38.8 Å². The fourth-order valence-corrected chi connectivity index (χ4v) is 4.15. The van der Waals surface area contributed by atoms with Crippen LogP contribution in [-0.2, 0) is 21.2 Å². The Morgan fingerprint density at radius 1 is 1.48 bits per heavy atom. The third kappa shape index (κ3) is 4.78. The lowest BCUT2D eigenvalue weighted by Gasteiger charge is -2.23. The molecule has 0 aromatic carbocycles. The quantitative estimate of drug-likeness (QED) is 0.760. The Hall–Kier alpha value is -1.47. The van der Waals surface area contributed by atoms with Gasteiger partial charge in [0.05, 0.1) is 17.2 Å². The number of carbonyl (C=O) groups is 1. The van der Waals surface area contributed by atoms with Crippen LogP contribution in [0.2, 0.25) is 0 Å². The number of sulfone groups is 1. The zero-order valence-corrected chi connectivity index (χ0v) is 13.0. The van der Waals surface area contributed by atoms with Crippen LogP contribution in [0, 0.1) is 0 Å². The van der Waals surface area contributed by atoms with Crippen LogP contribution in [0.3, 0.4) is 0 Å². The molecule has 1 saturated heterocycles. The van der Waals surface area contributed by atoms with Crippen molar-refractivity contribution in [1.29, 1.82) is 0 Å². The number of nitrogens with one attached hydrogen (secondary N) is 1. The van der Waals surface area contributed by atoms with Gasteiger partial charge in [0.2, 0.25) is 5.91 Å². The topological polar surface area (TPSA) is 79.4 Å². The van der Waals surface area contributed by atoms with Crippen molar-refractivity contribution >= 4 is 15.7 Å². The second kappa shape index (κ2) is 7.00. The number of pyridine rings is 1. The standard InChI is InChI=1S/C14H21N3O3S/c1-17(13-6-9-21(19,20)11-13)14(18)5-8-15-10-12-4-2-3-7-16-12/h2-4,7,13,15H,5-6,8-11H2,1H3. The molecule has 7 heteroatoms. The van der Waals surface area contributed by atoms with E-state index in [2.05, 4.69) is 10.3 Å². The first-order valence-electron chi connectivity index (χ1n) is 7.05. The highest BCUT2D eigenvalue weighted by Crippen LogP contribution is 2.16. The lowest BCUT2D eigenvalue weighted by atomic mass is 10.2. The summed E-state index contributed by atoms with van der Waals surface area (Å²) in [7, 11) is -1.27. The van der Waals surface area contributed by atoms with Crippen molar-refractivity contribution < 1.29 is 13.2 Å². The molecule has 1 fully saturated rings. The predicted octanol–water partition coefficient (Wildman–Crippen LogP) is 0.207. The number of nitrogens with zero attached hydrogens (tertiary/aromatic N) is 2. The molecule has 1 unspecified atom stereocenters. The highest BCUT2D eigenvalue weighted by Gasteiger charge is 2.32. The number of hydrogen-bond donors (Lipinski definition) is 1. The molecule has 1 atom stereocenters. The first kappa shape index (κ1) is 15.9. The Balaban J connectivity index is 1.70. The van der Waals surface area contributed by atoms with Crippen molar-refractivity contribution in [2.75, 3.05) is 25.1 Å². The van der Waals surface area contributed by atoms with Crippen molar-refractivity contribution in [2.45, 2.75) is 25.4 Å². The van der Waals surface area contributed by atoms with Gasteiger partial charge in [0.15, 0.2) is 9.84 Å². The zero-order valence-electron chi connectivity index (χ0n) is 12.2. The molecule has 116 valence electrons. The van der Waals surface area contributed by atoms with Gasteiger partial charge in [-0.25, -0.2) is 8.42 Å². The van der Waals surface area contributed by atoms with E-state index < -0.39 is 9.84 Å². The van der Waals surface area contributed by atoms with Gasteiger partial charge in [-0.05, 0) is 18.6 Å². The van der Waals surface area contributed by atoms with E-state index in [-0.39, 0.29) is 23.5 Å². The highest BCUT2D eigenvalue weighted by atomic mass is 32.2. The summed E-state index contributed by atoms with van der Waals surface area (Å²) in [6, 6.07) is 5.53. The maximum atomic E-state index is 12.0. The van der Waals surface area contributed by atoms with Crippen molar-refractivity contribution in [3.8, 4) is 0 Å². The Labute approximate surface area is 125 Å². The lowest BCUT2D eigenvalue weighted by molar-refractivity contribution is -0.131. The van der Waals surface area contributed by atoms with Crippen molar-refractivity contribution in [3.05, 3.63) is 30.1 Å². The number of aromatic nitrogens is 1. The molecule has 0 radical (unpaired) electrons. The van der Waals surface area contributed by atoms with E-state index in [1.165, 1.54) is 0 Å². The minimum Gasteiger partial charge on any atom is -0.342 e. The minimum absolute atomic E-state index is 0.0226. The average Bonchev–Trinajstić information content (AvgIpc) is 2.84. The average molecular weight is 311 g/mol. The van der Waals surface area contributed by atoms with Gasteiger partial charge in [-0.1, -0.05) is 6.07 Å². The summed E-state index contributed by atoms with van der Waals surface area (Å²) in [5.41, 5.74) is 0.931. The van der Waals surface area contributed by atoms with Crippen LogP contribution in [0.4, 0.5) is 0 Å². The summed E-state index contributed by atoms with van der Waals surface area (Å²) in [5.74, 6) is 0.259. The molecule has 1 aromatic heterocycles. The van der Waals surface area contributed by atoms with E-state index in [0.29, 0.717) is 25.9 Å². The predicted molar refractivity (Wildman–Crippen MR) is 80.4 cm³/mol. The summed E-state index contributed by atoms with van der Waals surface area (Å²) in [6.45, 7) is 1.18. The Bertz CT molecular complexity index is 574. The largest absolute Gasteiger partial charge is 0.342 e. The van der Waals surface area contributed by atoms with Gasteiger partial charge in [-0.2, -0.15) is 0 Å². The van der Waals surface area contributed by atoms with Crippen LogP contribution in [0.1, 0.15) is 18.5 Å². The molecule has 1 aromatic rings. The third-order valence-corrected chi connectivity index (χ3v) is 5.45. The molecule has 2 heterocycles. The third-order valence-electron chi connectivity index (χ3n) is 3.70. The Morgan fingerprint density at radius 3 is 2.90 bits per heavy atom. The van der Waals surface area contributed by atoms with Crippen LogP contribution >= 0.6 is 0 Å². The van der Waals surface area contributed by atoms with E-state index in [1.807, 2.05) is 18.2 Å². The molecular formula is C14H21N3O3S. The Kier molecular flexibility index (Phi) is 5.30. The number of rotatable bonds is 6. The van der Waals surface area contributed by atoms with E-state index >= 15 is 0 Å². The van der Waals surface area contributed by atoms with Gasteiger partial charge in [0.1, 0.15) is 0 Å². The molecule has 0 bridgehead atoms. The molecule has 1 aliphatic heterocycles. The monoisotopic (exact) mass is 311 g/mol. The molecule has 1 aliphatic rings. The fourth-order valence-electron chi connectivity index (χ4n) is 2.38. The molecule has 0 saturated carbocycles. The number of carbonyl (C=O) groups excluding carboxylic acids is 1. The Morgan fingerprint density at radius 2 is 2.29 bits per heavy atom. The van der Waals surface area contributed by atoms with Crippen LogP contribution < -0.4 is 5.32 Å². The van der Waals surface area contributed by atoms with Crippen LogP contribution in [0.25, 0.3) is 0 Å². The summed E-state index contributed by atoms with van der Waals surface area (Å²) in [6.07, 6.45) is 2.64. The van der Waals surface area contributed by atoms with Gasteiger partial charge >= 0.3 is 0 Å². The van der Waals surface area contributed by atoms with Crippen LogP contribution in [-0.4, -0.2) is 55.3 Å². The van der Waals surface area contributed by atoms with E-state index in [0.717, 1.165) is 5.69 Å². The smallest absolute Gasteiger partial charge is 0.223 e. The maximum absolute atomic E-state index is 12.0. The molecule has 1 N–H and O–H groups in total. The van der Waals surface area contributed by atoms with Gasteiger partial charge in [-0.3, -0.25) is 9.78 Å². The number of amides is 1. The lowest BCUT2D eigenvalue weighted by Crippen LogP contribution is -2.39. The first-order chi connectivity index (χ1) is 9.98. The maximum Gasteiger partial charge on any atom is 0.223 e. The fraction of sp³-hybridized carbons (Fsp3) is 0.571. The molecule has 1 amide bonds. The number of hydrogen-bond acceptors (Lipinski definition) is 5.